The van der Waals surface area contributed by atoms with E-state index < -0.39 is 6.10 Å². The molecule has 1 heterocycles. The Morgan fingerprint density at radius 3 is 2.76 bits per heavy atom. The lowest BCUT2D eigenvalue weighted by atomic mass is 10.2. The maximum absolute atomic E-state index is 11.7. The van der Waals surface area contributed by atoms with Crippen LogP contribution in [0.3, 0.4) is 0 Å². The summed E-state index contributed by atoms with van der Waals surface area (Å²) in [6.45, 7) is 1.85. The smallest absolute Gasteiger partial charge is 0.251 e. The molecule has 0 saturated heterocycles. The molecule has 1 atom stereocenters. The van der Waals surface area contributed by atoms with Gasteiger partial charge < -0.3 is 10.4 Å². The number of aliphatic hydroxyl groups excluding tert-OH is 1. The molecule has 0 aliphatic heterocycles. The standard InChI is InChI=1S/C12H13N3O2/c1-8(16)7-15-12(17)9-2-3-10-11(6-9)14-5-4-13-10/h2-6,8,16H,7H2,1H3,(H,15,17)/t8-/m0/s1. The number of hydrogen-bond donors (Lipinski definition) is 2. The molecule has 1 aromatic carbocycles. The second kappa shape index (κ2) is 4.88. The Labute approximate surface area is 98.5 Å². The molecule has 0 unspecified atom stereocenters. The van der Waals surface area contributed by atoms with Crippen LogP contribution in [-0.2, 0) is 0 Å². The molecule has 0 saturated carbocycles. The number of aromatic nitrogens is 2. The van der Waals surface area contributed by atoms with Gasteiger partial charge in [-0.2, -0.15) is 0 Å². The fraction of sp³-hybridized carbons (Fsp3) is 0.250. The molecule has 1 amide bonds. The summed E-state index contributed by atoms with van der Waals surface area (Å²) in [5, 5.41) is 11.7. The van der Waals surface area contributed by atoms with Crippen molar-refractivity contribution in [3.63, 3.8) is 0 Å². The Hall–Kier alpha value is -2.01. The molecule has 2 N–H and O–H groups in total. The topological polar surface area (TPSA) is 75.1 Å². The highest BCUT2D eigenvalue weighted by Gasteiger charge is 2.07. The number of benzene rings is 1. The summed E-state index contributed by atoms with van der Waals surface area (Å²) in [6.07, 6.45) is 2.63. The van der Waals surface area contributed by atoms with Crippen molar-refractivity contribution in [3.8, 4) is 0 Å². The van der Waals surface area contributed by atoms with Crippen LogP contribution in [0.25, 0.3) is 11.0 Å². The highest BCUT2D eigenvalue weighted by molar-refractivity contribution is 5.97. The third-order valence-corrected chi connectivity index (χ3v) is 2.29. The third kappa shape index (κ3) is 2.76. The van der Waals surface area contributed by atoms with Crippen LogP contribution in [0.2, 0.25) is 0 Å². The number of carbonyl (C=O) groups is 1. The molecule has 0 bridgehead atoms. The van der Waals surface area contributed by atoms with Gasteiger partial charge in [0.2, 0.25) is 0 Å². The Morgan fingerprint density at radius 2 is 2.06 bits per heavy atom. The van der Waals surface area contributed by atoms with Crippen molar-refractivity contribution in [2.24, 2.45) is 0 Å². The first-order chi connectivity index (χ1) is 8.16. The molecule has 1 aromatic heterocycles. The van der Waals surface area contributed by atoms with Crippen molar-refractivity contribution >= 4 is 16.9 Å². The zero-order valence-corrected chi connectivity index (χ0v) is 9.42. The van der Waals surface area contributed by atoms with E-state index in [0.29, 0.717) is 11.1 Å². The van der Waals surface area contributed by atoms with Crippen LogP contribution >= 0.6 is 0 Å². The Kier molecular flexibility index (Phi) is 3.30. The van der Waals surface area contributed by atoms with Gasteiger partial charge in [0.25, 0.3) is 5.91 Å². The lowest BCUT2D eigenvalue weighted by molar-refractivity contribution is 0.0924. The van der Waals surface area contributed by atoms with Gasteiger partial charge in [-0.3, -0.25) is 14.8 Å². The van der Waals surface area contributed by atoms with Gasteiger partial charge in [-0.1, -0.05) is 0 Å². The van der Waals surface area contributed by atoms with Crippen LogP contribution < -0.4 is 5.32 Å². The number of hydrogen-bond acceptors (Lipinski definition) is 4. The molecule has 5 heteroatoms. The van der Waals surface area contributed by atoms with Crippen molar-refractivity contribution in [2.75, 3.05) is 6.54 Å². The van der Waals surface area contributed by atoms with E-state index in [1.165, 1.54) is 0 Å². The minimum atomic E-state index is -0.556. The van der Waals surface area contributed by atoms with E-state index in [0.717, 1.165) is 5.52 Å². The Bertz CT molecular complexity index is 540. The van der Waals surface area contributed by atoms with Crippen LogP contribution in [0.15, 0.2) is 30.6 Å². The molecule has 0 fully saturated rings. The van der Waals surface area contributed by atoms with Gasteiger partial charge in [0.1, 0.15) is 0 Å². The minimum absolute atomic E-state index is 0.224. The summed E-state index contributed by atoms with van der Waals surface area (Å²) in [7, 11) is 0. The van der Waals surface area contributed by atoms with Crippen LogP contribution in [-0.4, -0.2) is 33.6 Å². The molecule has 0 spiro atoms. The first-order valence-electron chi connectivity index (χ1n) is 5.34. The van der Waals surface area contributed by atoms with Gasteiger partial charge in [-0.05, 0) is 25.1 Å². The lowest BCUT2D eigenvalue weighted by Gasteiger charge is -2.07. The average Bonchev–Trinajstić information content (AvgIpc) is 2.35. The maximum atomic E-state index is 11.7. The van der Waals surface area contributed by atoms with Crippen molar-refractivity contribution < 1.29 is 9.90 Å². The highest BCUT2D eigenvalue weighted by Crippen LogP contribution is 2.10. The van der Waals surface area contributed by atoms with E-state index in [1.807, 2.05) is 0 Å². The van der Waals surface area contributed by atoms with Crippen molar-refractivity contribution in [2.45, 2.75) is 13.0 Å². The van der Waals surface area contributed by atoms with Gasteiger partial charge in [0, 0.05) is 24.5 Å². The second-order valence-corrected chi connectivity index (χ2v) is 3.82. The Balaban J connectivity index is 2.21. The number of aliphatic hydroxyl groups is 1. The molecule has 2 aromatic rings. The second-order valence-electron chi connectivity index (χ2n) is 3.82. The molecule has 88 valence electrons. The highest BCUT2D eigenvalue weighted by atomic mass is 16.3. The number of carbonyl (C=O) groups excluding carboxylic acids is 1. The fourth-order valence-corrected chi connectivity index (χ4v) is 1.45. The normalized spacial score (nSPS) is 12.4. The monoisotopic (exact) mass is 231 g/mol. The van der Waals surface area contributed by atoms with Crippen LogP contribution in [0.4, 0.5) is 0 Å². The first-order valence-corrected chi connectivity index (χ1v) is 5.34. The molecular formula is C12H13N3O2. The first kappa shape index (κ1) is 11.5. The number of rotatable bonds is 3. The van der Waals surface area contributed by atoms with Crippen molar-refractivity contribution in [1.82, 2.24) is 15.3 Å². The number of nitrogens with one attached hydrogen (secondary N) is 1. The van der Waals surface area contributed by atoms with E-state index in [-0.39, 0.29) is 12.5 Å². The van der Waals surface area contributed by atoms with Crippen LogP contribution in [0, 0.1) is 0 Å². The summed E-state index contributed by atoms with van der Waals surface area (Å²) in [4.78, 5) is 20.0. The largest absolute Gasteiger partial charge is 0.392 e. The van der Waals surface area contributed by atoms with E-state index in [2.05, 4.69) is 15.3 Å². The summed E-state index contributed by atoms with van der Waals surface area (Å²) in [5.41, 5.74) is 1.94. The van der Waals surface area contributed by atoms with Gasteiger partial charge in [-0.25, -0.2) is 0 Å². The molecule has 5 nitrogen and oxygen atoms in total. The van der Waals surface area contributed by atoms with Crippen LogP contribution in [0.1, 0.15) is 17.3 Å². The van der Waals surface area contributed by atoms with Gasteiger partial charge in [0.15, 0.2) is 0 Å². The summed E-state index contributed by atoms with van der Waals surface area (Å²) >= 11 is 0. The predicted octanol–water partition coefficient (Wildman–Crippen LogP) is 0.740. The SMILES string of the molecule is C[C@H](O)CNC(=O)c1ccc2nccnc2c1. The summed E-state index contributed by atoms with van der Waals surface area (Å²) < 4.78 is 0. The molecule has 17 heavy (non-hydrogen) atoms. The van der Waals surface area contributed by atoms with E-state index in [4.69, 9.17) is 5.11 Å². The lowest BCUT2D eigenvalue weighted by Crippen LogP contribution is -2.30. The van der Waals surface area contributed by atoms with E-state index >= 15 is 0 Å². The Morgan fingerprint density at radius 1 is 1.35 bits per heavy atom. The van der Waals surface area contributed by atoms with Gasteiger partial charge >= 0.3 is 0 Å². The molecule has 0 radical (unpaired) electrons. The number of fused-ring (bicyclic) bond motifs is 1. The number of amides is 1. The quantitative estimate of drug-likeness (QED) is 0.817. The van der Waals surface area contributed by atoms with E-state index in [9.17, 15) is 4.79 Å². The maximum Gasteiger partial charge on any atom is 0.251 e. The fourth-order valence-electron chi connectivity index (χ4n) is 1.45. The summed E-state index contributed by atoms with van der Waals surface area (Å²) in [5.74, 6) is -0.224. The number of nitrogens with zero attached hydrogens (tertiary/aromatic N) is 2. The molecular weight excluding hydrogens is 218 g/mol. The molecule has 0 aliphatic rings. The zero-order valence-electron chi connectivity index (χ0n) is 9.42. The van der Waals surface area contributed by atoms with Crippen molar-refractivity contribution in [3.05, 3.63) is 36.2 Å². The average molecular weight is 231 g/mol. The van der Waals surface area contributed by atoms with Gasteiger partial charge in [0.05, 0.1) is 17.1 Å². The van der Waals surface area contributed by atoms with E-state index in [1.54, 1.807) is 37.5 Å². The predicted molar refractivity (Wildman–Crippen MR) is 63.6 cm³/mol. The van der Waals surface area contributed by atoms with Gasteiger partial charge in [-0.15, -0.1) is 0 Å². The van der Waals surface area contributed by atoms with Crippen LogP contribution in [0.5, 0.6) is 0 Å². The summed E-state index contributed by atoms with van der Waals surface area (Å²) in [6, 6.07) is 5.12. The van der Waals surface area contributed by atoms with Crippen molar-refractivity contribution in [1.29, 1.82) is 0 Å². The zero-order chi connectivity index (χ0) is 12.3. The molecule has 0 aliphatic carbocycles. The minimum Gasteiger partial charge on any atom is -0.392 e. The molecule has 2 rings (SSSR count). The third-order valence-electron chi connectivity index (χ3n) is 2.29.